The lowest BCUT2D eigenvalue weighted by molar-refractivity contribution is -0.121. The summed E-state index contributed by atoms with van der Waals surface area (Å²) in [5.74, 6) is 0.688. The van der Waals surface area contributed by atoms with Gasteiger partial charge in [0.05, 0.1) is 19.1 Å². The van der Waals surface area contributed by atoms with Gasteiger partial charge in [-0.3, -0.25) is 4.79 Å². The van der Waals surface area contributed by atoms with Crippen molar-refractivity contribution in [3.63, 3.8) is 0 Å². The Morgan fingerprint density at radius 1 is 1.53 bits per heavy atom. The average molecular weight is 263 g/mol. The standard InChI is InChI=1S/C15H21NO3/c1-10-3-6-14(13(9-10)11(2)17)19-8-7-15(18)16-12-4-5-12/h3,6,9,11-12,17H,4-5,7-8H2,1-2H3,(H,16,18)/t11-/m1/s1. The molecule has 1 saturated carbocycles. The van der Waals surface area contributed by atoms with Gasteiger partial charge in [-0.25, -0.2) is 0 Å². The summed E-state index contributed by atoms with van der Waals surface area (Å²) in [6.45, 7) is 4.02. The first kappa shape index (κ1) is 13.9. The van der Waals surface area contributed by atoms with E-state index in [4.69, 9.17) is 4.74 Å². The number of aliphatic hydroxyl groups is 1. The summed E-state index contributed by atoms with van der Waals surface area (Å²) in [7, 11) is 0. The van der Waals surface area contributed by atoms with Crippen molar-refractivity contribution in [2.45, 2.75) is 45.3 Å². The number of hydrogen-bond acceptors (Lipinski definition) is 3. The van der Waals surface area contributed by atoms with E-state index in [1.165, 1.54) is 0 Å². The first-order valence-electron chi connectivity index (χ1n) is 6.77. The lowest BCUT2D eigenvalue weighted by Crippen LogP contribution is -2.26. The van der Waals surface area contributed by atoms with Crippen LogP contribution in [0, 0.1) is 6.92 Å². The van der Waals surface area contributed by atoms with Crippen molar-refractivity contribution in [3.05, 3.63) is 29.3 Å². The Hall–Kier alpha value is -1.55. The van der Waals surface area contributed by atoms with Crippen LogP contribution in [0.4, 0.5) is 0 Å². The van der Waals surface area contributed by atoms with Crippen LogP contribution in [-0.4, -0.2) is 23.7 Å². The summed E-state index contributed by atoms with van der Waals surface area (Å²) in [6, 6.07) is 6.08. The third-order valence-electron chi connectivity index (χ3n) is 3.14. The minimum Gasteiger partial charge on any atom is -0.493 e. The fourth-order valence-corrected chi connectivity index (χ4v) is 1.91. The summed E-state index contributed by atoms with van der Waals surface area (Å²) in [6.07, 6.45) is 1.96. The molecular weight excluding hydrogens is 242 g/mol. The third kappa shape index (κ3) is 4.24. The third-order valence-corrected chi connectivity index (χ3v) is 3.14. The Balaban J connectivity index is 1.86. The van der Waals surface area contributed by atoms with E-state index < -0.39 is 6.10 Å². The SMILES string of the molecule is Cc1ccc(OCCC(=O)NC2CC2)c([C@@H](C)O)c1. The highest BCUT2D eigenvalue weighted by molar-refractivity contribution is 5.76. The van der Waals surface area contributed by atoms with Gasteiger partial charge < -0.3 is 15.2 Å². The summed E-state index contributed by atoms with van der Waals surface area (Å²) in [5, 5.41) is 12.6. The number of aliphatic hydroxyl groups excluding tert-OH is 1. The van der Waals surface area contributed by atoms with Crippen molar-refractivity contribution in [1.29, 1.82) is 0 Å². The van der Waals surface area contributed by atoms with Gasteiger partial charge in [0, 0.05) is 11.6 Å². The molecule has 1 atom stereocenters. The van der Waals surface area contributed by atoms with E-state index in [9.17, 15) is 9.90 Å². The number of hydrogen-bond donors (Lipinski definition) is 2. The van der Waals surface area contributed by atoms with Gasteiger partial charge in [-0.1, -0.05) is 11.6 Å². The van der Waals surface area contributed by atoms with Crippen molar-refractivity contribution in [2.24, 2.45) is 0 Å². The second kappa shape index (κ2) is 6.06. The van der Waals surface area contributed by atoms with Gasteiger partial charge in [0.25, 0.3) is 0 Å². The van der Waals surface area contributed by atoms with E-state index in [2.05, 4.69) is 5.32 Å². The molecule has 1 fully saturated rings. The Kier molecular flexibility index (Phi) is 4.43. The fraction of sp³-hybridized carbons (Fsp3) is 0.533. The van der Waals surface area contributed by atoms with Gasteiger partial charge in [-0.15, -0.1) is 0 Å². The maximum Gasteiger partial charge on any atom is 0.223 e. The second-order valence-corrected chi connectivity index (χ2v) is 5.16. The number of carbonyl (C=O) groups excluding carboxylic acids is 1. The molecular formula is C15H21NO3. The average Bonchev–Trinajstić information content (AvgIpc) is 3.14. The van der Waals surface area contributed by atoms with Gasteiger partial charge in [0.1, 0.15) is 5.75 Å². The molecule has 2 rings (SSSR count). The Labute approximate surface area is 113 Å². The van der Waals surface area contributed by atoms with E-state index >= 15 is 0 Å². The largest absolute Gasteiger partial charge is 0.493 e. The minimum atomic E-state index is -0.574. The molecule has 1 aromatic carbocycles. The quantitative estimate of drug-likeness (QED) is 0.826. The van der Waals surface area contributed by atoms with Crippen LogP contribution in [0.5, 0.6) is 5.75 Å². The number of nitrogens with one attached hydrogen (secondary N) is 1. The van der Waals surface area contributed by atoms with Crippen LogP contribution in [0.25, 0.3) is 0 Å². The van der Waals surface area contributed by atoms with Crippen LogP contribution in [0.2, 0.25) is 0 Å². The zero-order chi connectivity index (χ0) is 13.8. The number of aryl methyl sites for hydroxylation is 1. The number of benzene rings is 1. The van der Waals surface area contributed by atoms with E-state index in [-0.39, 0.29) is 5.91 Å². The predicted octanol–water partition coefficient (Wildman–Crippen LogP) is 2.10. The van der Waals surface area contributed by atoms with Gasteiger partial charge >= 0.3 is 0 Å². The smallest absolute Gasteiger partial charge is 0.223 e. The van der Waals surface area contributed by atoms with Crippen molar-refractivity contribution < 1.29 is 14.6 Å². The maximum atomic E-state index is 11.5. The molecule has 104 valence electrons. The van der Waals surface area contributed by atoms with E-state index in [1.54, 1.807) is 6.92 Å². The van der Waals surface area contributed by atoms with Gasteiger partial charge in [-0.05, 0) is 38.8 Å². The molecule has 0 aromatic heterocycles. The van der Waals surface area contributed by atoms with E-state index in [0.717, 1.165) is 24.0 Å². The topological polar surface area (TPSA) is 58.6 Å². The second-order valence-electron chi connectivity index (χ2n) is 5.16. The molecule has 4 nitrogen and oxygen atoms in total. The molecule has 4 heteroatoms. The molecule has 0 radical (unpaired) electrons. The van der Waals surface area contributed by atoms with Gasteiger partial charge in [0.2, 0.25) is 5.91 Å². The van der Waals surface area contributed by atoms with Crippen LogP contribution in [-0.2, 0) is 4.79 Å². The Bertz CT molecular complexity index is 453. The zero-order valence-electron chi connectivity index (χ0n) is 11.5. The van der Waals surface area contributed by atoms with Gasteiger partial charge in [0.15, 0.2) is 0 Å². The number of rotatable bonds is 6. The molecule has 1 amide bonds. The molecule has 0 aliphatic heterocycles. The molecule has 0 saturated heterocycles. The molecule has 2 N–H and O–H groups in total. The monoisotopic (exact) mass is 263 g/mol. The van der Waals surface area contributed by atoms with Crippen LogP contribution in [0.15, 0.2) is 18.2 Å². The molecule has 0 unspecified atom stereocenters. The molecule has 0 bridgehead atoms. The van der Waals surface area contributed by atoms with Crippen LogP contribution >= 0.6 is 0 Å². The van der Waals surface area contributed by atoms with E-state index in [1.807, 2.05) is 25.1 Å². The first-order valence-corrected chi connectivity index (χ1v) is 6.77. The minimum absolute atomic E-state index is 0.0354. The molecule has 1 aliphatic rings. The van der Waals surface area contributed by atoms with E-state index in [0.29, 0.717) is 24.8 Å². The Morgan fingerprint density at radius 2 is 2.26 bits per heavy atom. The van der Waals surface area contributed by atoms with Gasteiger partial charge in [-0.2, -0.15) is 0 Å². The van der Waals surface area contributed by atoms with Crippen molar-refractivity contribution in [2.75, 3.05) is 6.61 Å². The highest BCUT2D eigenvalue weighted by Gasteiger charge is 2.22. The summed E-state index contributed by atoms with van der Waals surface area (Å²) < 4.78 is 5.61. The molecule has 0 spiro atoms. The lowest BCUT2D eigenvalue weighted by Gasteiger charge is -2.14. The number of ether oxygens (including phenoxy) is 1. The summed E-state index contributed by atoms with van der Waals surface area (Å²) in [5.41, 5.74) is 1.84. The number of amides is 1. The summed E-state index contributed by atoms with van der Waals surface area (Å²) >= 11 is 0. The summed E-state index contributed by atoms with van der Waals surface area (Å²) in [4.78, 5) is 11.5. The Morgan fingerprint density at radius 3 is 2.89 bits per heavy atom. The molecule has 1 aliphatic carbocycles. The predicted molar refractivity (Wildman–Crippen MR) is 73.1 cm³/mol. The fourth-order valence-electron chi connectivity index (χ4n) is 1.91. The van der Waals surface area contributed by atoms with Crippen molar-refractivity contribution in [3.8, 4) is 5.75 Å². The van der Waals surface area contributed by atoms with Crippen LogP contribution in [0.1, 0.15) is 43.4 Å². The highest BCUT2D eigenvalue weighted by Crippen LogP contribution is 2.26. The normalized spacial score (nSPS) is 15.9. The zero-order valence-corrected chi connectivity index (χ0v) is 11.5. The van der Waals surface area contributed by atoms with Crippen molar-refractivity contribution >= 4 is 5.91 Å². The lowest BCUT2D eigenvalue weighted by atomic mass is 10.1. The maximum absolute atomic E-state index is 11.5. The first-order chi connectivity index (χ1) is 9.06. The van der Waals surface area contributed by atoms with Crippen LogP contribution < -0.4 is 10.1 Å². The molecule has 19 heavy (non-hydrogen) atoms. The van der Waals surface area contributed by atoms with Crippen molar-refractivity contribution in [1.82, 2.24) is 5.32 Å². The highest BCUT2D eigenvalue weighted by atomic mass is 16.5. The van der Waals surface area contributed by atoms with Crippen LogP contribution in [0.3, 0.4) is 0 Å². The number of carbonyl (C=O) groups is 1. The molecule has 1 aromatic rings. The molecule has 0 heterocycles.